The van der Waals surface area contributed by atoms with Gasteiger partial charge in [0, 0.05) is 13.7 Å². The number of ether oxygens (including phenoxy) is 2. The average Bonchev–Trinajstić information content (AvgIpc) is 3.03. The summed E-state index contributed by atoms with van der Waals surface area (Å²) >= 11 is 0. The lowest BCUT2D eigenvalue weighted by Gasteiger charge is -2.38. The van der Waals surface area contributed by atoms with Crippen molar-refractivity contribution in [2.24, 2.45) is 0 Å². The van der Waals surface area contributed by atoms with Crippen molar-refractivity contribution in [1.29, 1.82) is 0 Å². The summed E-state index contributed by atoms with van der Waals surface area (Å²) in [6, 6.07) is 1.87. The van der Waals surface area contributed by atoms with Crippen LogP contribution in [0.15, 0.2) is 16.7 Å². The second-order valence-electron chi connectivity index (χ2n) is 5.14. The molecule has 0 aromatic carbocycles. The standard InChI is InChI=1S/C14H19NO4/c1-9-10(5-7-18-9)14(16)15-6-8-19-13-11(15)3-4-12(13)17-2/h5,7,11-13H,3-4,6,8H2,1-2H3/t11-,12+,13+/m0/s1. The van der Waals surface area contributed by atoms with Crippen LogP contribution in [-0.4, -0.2) is 49.3 Å². The molecule has 3 atom stereocenters. The molecular formula is C14H19NO4. The van der Waals surface area contributed by atoms with Gasteiger partial charge in [0.25, 0.3) is 5.91 Å². The van der Waals surface area contributed by atoms with Crippen LogP contribution in [0.1, 0.15) is 29.0 Å². The van der Waals surface area contributed by atoms with E-state index < -0.39 is 0 Å². The maximum absolute atomic E-state index is 12.6. The Morgan fingerprint density at radius 2 is 2.32 bits per heavy atom. The van der Waals surface area contributed by atoms with Gasteiger partial charge >= 0.3 is 0 Å². The molecule has 1 aromatic heterocycles. The minimum atomic E-state index is 0.00917. The molecule has 0 unspecified atom stereocenters. The van der Waals surface area contributed by atoms with E-state index in [1.165, 1.54) is 0 Å². The van der Waals surface area contributed by atoms with Gasteiger partial charge in [0.1, 0.15) is 11.9 Å². The Kier molecular flexibility index (Phi) is 3.33. The van der Waals surface area contributed by atoms with Crippen molar-refractivity contribution in [2.75, 3.05) is 20.3 Å². The molecule has 1 aliphatic carbocycles. The number of carbonyl (C=O) groups is 1. The van der Waals surface area contributed by atoms with Gasteiger partial charge in [-0.3, -0.25) is 4.79 Å². The number of rotatable bonds is 2. The maximum Gasteiger partial charge on any atom is 0.257 e. The van der Waals surface area contributed by atoms with Crippen molar-refractivity contribution in [2.45, 2.75) is 38.0 Å². The molecule has 2 heterocycles. The zero-order chi connectivity index (χ0) is 13.4. The van der Waals surface area contributed by atoms with Crippen LogP contribution in [0.3, 0.4) is 0 Å². The largest absolute Gasteiger partial charge is 0.469 e. The fourth-order valence-corrected chi connectivity index (χ4v) is 3.18. The second kappa shape index (κ2) is 4.98. The number of furan rings is 1. The molecule has 0 spiro atoms. The normalized spacial score (nSPS) is 30.4. The second-order valence-corrected chi connectivity index (χ2v) is 5.14. The highest BCUT2D eigenvalue weighted by atomic mass is 16.5. The van der Waals surface area contributed by atoms with E-state index in [1.807, 2.05) is 11.8 Å². The van der Waals surface area contributed by atoms with Gasteiger partial charge in [0.15, 0.2) is 0 Å². The van der Waals surface area contributed by atoms with E-state index in [0.29, 0.717) is 24.5 Å². The van der Waals surface area contributed by atoms with E-state index in [1.54, 1.807) is 19.4 Å². The zero-order valence-corrected chi connectivity index (χ0v) is 11.3. The Labute approximate surface area is 112 Å². The first kappa shape index (κ1) is 12.7. The van der Waals surface area contributed by atoms with Gasteiger partial charge in [-0.2, -0.15) is 0 Å². The SMILES string of the molecule is CO[C@@H]1CC[C@H]2[C@H]1OCCN2C(=O)c1ccoc1C. The Bertz CT molecular complexity index is 470. The molecule has 1 amide bonds. The van der Waals surface area contributed by atoms with Crippen molar-refractivity contribution in [1.82, 2.24) is 4.90 Å². The molecular weight excluding hydrogens is 246 g/mol. The highest BCUT2D eigenvalue weighted by molar-refractivity contribution is 5.95. The van der Waals surface area contributed by atoms with Gasteiger partial charge in [-0.05, 0) is 25.8 Å². The van der Waals surface area contributed by atoms with Crippen LogP contribution < -0.4 is 0 Å². The molecule has 0 N–H and O–H groups in total. The third-order valence-corrected chi connectivity index (χ3v) is 4.19. The fourth-order valence-electron chi connectivity index (χ4n) is 3.18. The van der Waals surface area contributed by atoms with Crippen LogP contribution >= 0.6 is 0 Å². The Morgan fingerprint density at radius 3 is 3.00 bits per heavy atom. The lowest BCUT2D eigenvalue weighted by atomic mass is 10.1. The maximum atomic E-state index is 12.6. The van der Waals surface area contributed by atoms with Crippen molar-refractivity contribution < 1.29 is 18.7 Å². The molecule has 0 radical (unpaired) electrons. The van der Waals surface area contributed by atoms with E-state index in [9.17, 15) is 4.79 Å². The lowest BCUT2D eigenvalue weighted by molar-refractivity contribution is -0.0947. The van der Waals surface area contributed by atoms with Crippen LogP contribution in [0.4, 0.5) is 0 Å². The number of methoxy groups -OCH3 is 1. The smallest absolute Gasteiger partial charge is 0.257 e. The molecule has 3 rings (SSSR count). The van der Waals surface area contributed by atoms with Gasteiger partial charge in [0.05, 0.1) is 30.6 Å². The summed E-state index contributed by atoms with van der Waals surface area (Å²) in [5.74, 6) is 0.718. The number of aryl methyl sites for hydroxylation is 1. The van der Waals surface area contributed by atoms with E-state index in [-0.39, 0.29) is 24.2 Å². The molecule has 1 saturated heterocycles. The third-order valence-electron chi connectivity index (χ3n) is 4.19. The van der Waals surface area contributed by atoms with Gasteiger partial charge in [-0.15, -0.1) is 0 Å². The molecule has 1 saturated carbocycles. The van der Waals surface area contributed by atoms with Gasteiger partial charge in [-0.1, -0.05) is 0 Å². The summed E-state index contributed by atoms with van der Waals surface area (Å²) < 4.78 is 16.5. The minimum absolute atomic E-state index is 0.00917. The molecule has 2 fully saturated rings. The summed E-state index contributed by atoms with van der Waals surface area (Å²) in [6.45, 7) is 3.03. The van der Waals surface area contributed by atoms with Gasteiger partial charge < -0.3 is 18.8 Å². The first-order valence-corrected chi connectivity index (χ1v) is 6.72. The first-order valence-electron chi connectivity index (χ1n) is 6.72. The molecule has 104 valence electrons. The number of carbonyl (C=O) groups excluding carboxylic acids is 1. The number of hydrogen-bond donors (Lipinski definition) is 0. The molecule has 5 nitrogen and oxygen atoms in total. The predicted octanol–water partition coefficient (Wildman–Crippen LogP) is 1.61. The Balaban J connectivity index is 1.81. The fraction of sp³-hybridized carbons (Fsp3) is 0.643. The third kappa shape index (κ3) is 2.07. The van der Waals surface area contributed by atoms with Crippen LogP contribution in [-0.2, 0) is 9.47 Å². The highest BCUT2D eigenvalue weighted by Crippen LogP contribution is 2.32. The van der Waals surface area contributed by atoms with Crippen molar-refractivity contribution in [3.05, 3.63) is 23.7 Å². The molecule has 1 aliphatic heterocycles. The van der Waals surface area contributed by atoms with E-state index in [0.717, 1.165) is 12.8 Å². The van der Waals surface area contributed by atoms with Crippen LogP contribution in [0.2, 0.25) is 0 Å². The first-order chi connectivity index (χ1) is 9.22. The summed E-state index contributed by atoms with van der Waals surface area (Å²) in [7, 11) is 1.71. The summed E-state index contributed by atoms with van der Waals surface area (Å²) in [6.07, 6.45) is 3.56. The number of fused-ring (bicyclic) bond motifs is 1. The lowest BCUT2D eigenvalue weighted by Crippen LogP contribution is -2.53. The number of nitrogens with zero attached hydrogens (tertiary/aromatic N) is 1. The number of hydrogen-bond acceptors (Lipinski definition) is 4. The highest BCUT2D eigenvalue weighted by Gasteiger charge is 2.45. The molecule has 0 bridgehead atoms. The van der Waals surface area contributed by atoms with Crippen LogP contribution in [0.5, 0.6) is 0 Å². The Hall–Kier alpha value is -1.33. The van der Waals surface area contributed by atoms with Crippen molar-refractivity contribution in [3.8, 4) is 0 Å². The number of amides is 1. The van der Waals surface area contributed by atoms with Crippen molar-refractivity contribution in [3.63, 3.8) is 0 Å². The van der Waals surface area contributed by atoms with Crippen LogP contribution in [0, 0.1) is 6.92 Å². The van der Waals surface area contributed by atoms with E-state index in [2.05, 4.69) is 0 Å². The molecule has 2 aliphatic rings. The predicted molar refractivity (Wildman–Crippen MR) is 68.0 cm³/mol. The van der Waals surface area contributed by atoms with Crippen molar-refractivity contribution >= 4 is 5.91 Å². The average molecular weight is 265 g/mol. The molecule has 1 aromatic rings. The minimum Gasteiger partial charge on any atom is -0.469 e. The topological polar surface area (TPSA) is 51.9 Å². The zero-order valence-electron chi connectivity index (χ0n) is 11.3. The molecule has 19 heavy (non-hydrogen) atoms. The summed E-state index contributed by atoms with van der Waals surface area (Å²) in [5, 5.41) is 0. The monoisotopic (exact) mass is 265 g/mol. The van der Waals surface area contributed by atoms with E-state index >= 15 is 0 Å². The quantitative estimate of drug-likeness (QED) is 0.815. The van der Waals surface area contributed by atoms with Gasteiger partial charge in [-0.25, -0.2) is 0 Å². The summed E-state index contributed by atoms with van der Waals surface area (Å²) in [4.78, 5) is 14.5. The van der Waals surface area contributed by atoms with Crippen LogP contribution in [0.25, 0.3) is 0 Å². The summed E-state index contributed by atoms with van der Waals surface area (Å²) in [5.41, 5.74) is 0.654. The number of morpholine rings is 1. The van der Waals surface area contributed by atoms with E-state index in [4.69, 9.17) is 13.9 Å². The molecule has 5 heteroatoms. The Morgan fingerprint density at radius 1 is 1.47 bits per heavy atom. The van der Waals surface area contributed by atoms with Gasteiger partial charge in [0.2, 0.25) is 0 Å².